The number of carbonyl (C=O) groups excluding carboxylic acids is 1. The third-order valence-electron chi connectivity index (χ3n) is 2.32. The molecule has 0 spiro atoms. The highest BCUT2D eigenvalue weighted by atomic mass is 32.2. The fraction of sp³-hybridized carbons (Fsp3) is 0.167. The largest absolute Gasteiger partial charge is 0.368 e. The number of nitrogens with two attached hydrogens (primary N) is 1. The van der Waals surface area contributed by atoms with E-state index in [4.69, 9.17) is 5.73 Å². The second-order valence-corrected chi connectivity index (χ2v) is 4.72. The summed E-state index contributed by atoms with van der Waals surface area (Å²) in [7, 11) is 0. The van der Waals surface area contributed by atoms with Gasteiger partial charge < -0.3 is 11.1 Å². The van der Waals surface area contributed by atoms with E-state index in [1.807, 2.05) is 31.2 Å². The topological polar surface area (TPSA) is 93.8 Å². The summed E-state index contributed by atoms with van der Waals surface area (Å²) in [5.74, 6) is 0.257. The molecule has 0 saturated heterocycles. The number of anilines is 2. The van der Waals surface area contributed by atoms with E-state index in [0.717, 1.165) is 11.3 Å². The summed E-state index contributed by atoms with van der Waals surface area (Å²) in [6.45, 7) is 1.94. The van der Waals surface area contributed by atoms with Crippen LogP contribution in [0, 0.1) is 6.92 Å². The molecule has 19 heavy (non-hydrogen) atoms. The number of thioether (sulfide) groups is 1. The maximum absolute atomic E-state index is 11.8. The molecular formula is C12H13N5OS. The van der Waals surface area contributed by atoms with E-state index < -0.39 is 0 Å². The van der Waals surface area contributed by atoms with Crippen LogP contribution in [0.5, 0.6) is 0 Å². The maximum Gasteiger partial charge on any atom is 0.234 e. The van der Waals surface area contributed by atoms with Gasteiger partial charge in [0.25, 0.3) is 0 Å². The van der Waals surface area contributed by atoms with Gasteiger partial charge in [0.05, 0.1) is 5.75 Å². The molecule has 0 saturated carbocycles. The Balaban J connectivity index is 1.90. The van der Waals surface area contributed by atoms with E-state index in [2.05, 4.69) is 20.3 Å². The molecular weight excluding hydrogens is 262 g/mol. The number of benzene rings is 1. The highest BCUT2D eigenvalue weighted by Gasteiger charge is 2.07. The molecule has 1 heterocycles. The molecule has 1 aromatic carbocycles. The van der Waals surface area contributed by atoms with Gasteiger partial charge in [0.1, 0.15) is 6.33 Å². The molecule has 6 nitrogen and oxygen atoms in total. The van der Waals surface area contributed by atoms with Crippen LogP contribution in [0.2, 0.25) is 0 Å². The van der Waals surface area contributed by atoms with E-state index in [-0.39, 0.29) is 17.6 Å². The highest BCUT2D eigenvalue weighted by molar-refractivity contribution is 7.99. The lowest BCUT2D eigenvalue weighted by atomic mass is 10.2. The van der Waals surface area contributed by atoms with Gasteiger partial charge in [0.15, 0.2) is 5.16 Å². The Morgan fingerprint density at radius 1 is 1.37 bits per heavy atom. The summed E-state index contributed by atoms with van der Waals surface area (Å²) >= 11 is 1.21. The van der Waals surface area contributed by atoms with Crippen LogP contribution in [0.1, 0.15) is 5.56 Å². The zero-order chi connectivity index (χ0) is 13.7. The minimum atomic E-state index is -0.113. The predicted molar refractivity (Wildman–Crippen MR) is 74.8 cm³/mol. The second-order valence-electron chi connectivity index (χ2n) is 3.78. The number of rotatable bonds is 4. The maximum atomic E-state index is 11.8. The number of hydrogen-bond acceptors (Lipinski definition) is 6. The summed E-state index contributed by atoms with van der Waals surface area (Å²) in [4.78, 5) is 23.3. The smallest absolute Gasteiger partial charge is 0.234 e. The van der Waals surface area contributed by atoms with Crippen molar-refractivity contribution in [3.8, 4) is 0 Å². The van der Waals surface area contributed by atoms with Crippen LogP contribution >= 0.6 is 11.8 Å². The Labute approximate surface area is 114 Å². The van der Waals surface area contributed by atoms with Crippen molar-refractivity contribution in [3.05, 3.63) is 36.2 Å². The van der Waals surface area contributed by atoms with Gasteiger partial charge in [-0.2, -0.15) is 4.98 Å². The van der Waals surface area contributed by atoms with Gasteiger partial charge in [-0.15, -0.1) is 0 Å². The molecule has 2 rings (SSSR count). The molecule has 0 aliphatic carbocycles. The molecule has 0 bridgehead atoms. The van der Waals surface area contributed by atoms with E-state index >= 15 is 0 Å². The van der Waals surface area contributed by atoms with E-state index in [9.17, 15) is 4.79 Å². The lowest BCUT2D eigenvalue weighted by Crippen LogP contribution is -2.15. The van der Waals surface area contributed by atoms with Crippen LogP contribution in [0.25, 0.3) is 0 Å². The first-order valence-electron chi connectivity index (χ1n) is 5.58. The molecule has 7 heteroatoms. The van der Waals surface area contributed by atoms with Crippen molar-refractivity contribution in [2.24, 2.45) is 0 Å². The number of aryl methyl sites for hydroxylation is 1. The third-order valence-corrected chi connectivity index (χ3v) is 3.18. The van der Waals surface area contributed by atoms with Crippen LogP contribution in [0.15, 0.2) is 35.7 Å². The van der Waals surface area contributed by atoms with Crippen molar-refractivity contribution in [2.45, 2.75) is 12.1 Å². The second kappa shape index (κ2) is 6.14. The van der Waals surface area contributed by atoms with Crippen molar-refractivity contribution in [3.63, 3.8) is 0 Å². The Kier molecular flexibility index (Phi) is 4.30. The molecule has 0 unspecified atom stereocenters. The molecule has 0 fully saturated rings. The molecule has 1 amide bonds. The van der Waals surface area contributed by atoms with Crippen molar-refractivity contribution in [1.29, 1.82) is 0 Å². The van der Waals surface area contributed by atoms with Crippen LogP contribution in [-0.4, -0.2) is 26.6 Å². The molecule has 1 aromatic heterocycles. The van der Waals surface area contributed by atoms with Crippen LogP contribution in [-0.2, 0) is 4.79 Å². The van der Waals surface area contributed by atoms with Gasteiger partial charge in [-0.3, -0.25) is 4.79 Å². The fourth-order valence-corrected chi connectivity index (χ4v) is 2.00. The van der Waals surface area contributed by atoms with Crippen LogP contribution in [0.4, 0.5) is 11.6 Å². The molecule has 2 aromatic rings. The zero-order valence-corrected chi connectivity index (χ0v) is 11.1. The molecule has 0 radical (unpaired) electrons. The lowest BCUT2D eigenvalue weighted by molar-refractivity contribution is -0.113. The first kappa shape index (κ1) is 13.3. The van der Waals surface area contributed by atoms with Gasteiger partial charge in [-0.25, -0.2) is 9.97 Å². The Morgan fingerprint density at radius 2 is 2.16 bits per heavy atom. The summed E-state index contributed by atoms with van der Waals surface area (Å²) in [6, 6.07) is 7.60. The van der Waals surface area contributed by atoms with Crippen molar-refractivity contribution < 1.29 is 4.79 Å². The van der Waals surface area contributed by atoms with E-state index in [1.54, 1.807) is 0 Å². The monoisotopic (exact) mass is 275 g/mol. The number of para-hydroxylation sites is 1. The number of amides is 1. The summed E-state index contributed by atoms with van der Waals surface area (Å²) < 4.78 is 0. The number of nitrogens with zero attached hydrogens (tertiary/aromatic N) is 3. The van der Waals surface area contributed by atoms with Gasteiger partial charge in [-0.1, -0.05) is 30.0 Å². The standard InChI is InChI=1S/C12H13N5OS/c1-8-4-2-3-5-9(8)16-10(18)6-19-12-15-7-14-11(13)17-12/h2-5,7H,6H2,1H3,(H,16,18)(H2,13,14,15,17). The number of aromatic nitrogens is 3. The first-order valence-corrected chi connectivity index (χ1v) is 6.56. The van der Waals surface area contributed by atoms with E-state index in [1.165, 1.54) is 18.1 Å². The number of nitrogen functional groups attached to an aromatic ring is 1. The van der Waals surface area contributed by atoms with Crippen molar-refractivity contribution in [1.82, 2.24) is 15.0 Å². The minimum absolute atomic E-state index is 0.113. The number of carbonyl (C=O) groups is 1. The summed E-state index contributed by atoms with van der Waals surface area (Å²) in [5.41, 5.74) is 7.26. The van der Waals surface area contributed by atoms with Gasteiger partial charge in [-0.05, 0) is 18.6 Å². The number of hydrogen-bond donors (Lipinski definition) is 2. The molecule has 0 aliphatic heterocycles. The predicted octanol–water partition coefficient (Wildman–Crippen LogP) is 1.49. The summed E-state index contributed by atoms with van der Waals surface area (Å²) in [5, 5.41) is 3.27. The normalized spacial score (nSPS) is 10.2. The highest BCUT2D eigenvalue weighted by Crippen LogP contribution is 2.16. The van der Waals surface area contributed by atoms with Gasteiger partial charge >= 0.3 is 0 Å². The van der Waals surface area contributed by atoms with Crippen LogP contribution < -0.4 is 11.1 Å². The SMILES string of the molecule is Cc1ccccc1NC(=O)CSc1ncnc(N)n1. The van der Waals surface area contributed by atoms with Crippen molar-refractivity contribution >= 4 is 29.3 Å². The van der Waals surface area contributed by atoms with Gasteiger partial charge in [0, 0.05) is 5.69 Å². The Bertz CT molecular complexity index is 590. The molecule has 98 valence electrons. The Hall–Kier alpha value is -2.15. The minimum Gasteiger partial charge on any atom is -0.368 e. The quantitative estimate of drug-likeness (QED) is 0.821. The van der Waals surface area contributed by atoms with Gasteiger partial charge in [0.2, 0.25) is 11.9 Å². The summed E-state index contributed by atoms with van der Waals surface area (Å²) in [6.07, 6.45) is 1.32. The zero-order valence-electron chi connectivity index (χ0n) is 10.3. The van der Waals surface area contributed by atoms with Crippen molar-refractivity contribution in [2.75, 3.05) is 16.8 Å². The molecule has 0 aliphatic rings. The fourth-order valence-electron chi connectivity index (χ4n) is 1.39. The average Bonchev–Trinajstić information content (AvgIpc) is 2.39. The number of nitrogens with one attached hydrogen (secondary N) is 1. The Morgan fingerprint density at radius 3 is 2.89 bits per heavy atom. The van der Waals surface area contributed by atoms with E-state index in [0.29, 0.717) is 5.16 Å². The molecule has 0 atom stereocenters. The average molecular weight is 275 g/mol. The molecule has 3 N–H and O–H groups in total. The first-order chi connectivity index (χ1) is 9.15. The third kappa shape index (κ3) is 3.92. The van der Waals surface area contributed by atoms with Crippen LogP contribution in [0.3, 0.4) is 0 Å². The lowest BCUT2D eigenvalue weighted by Gasteiger charge is -2.07.